The van der Waals surface area contributed by atoms with Gasteiger partial charge in [0.05, 0.1) is 5.39 Å². The number of aromatic nitrogens is 2. The molecule has 0 aromatic carbocycles. The van der Waals surface area contributed by atoms with E-state index in [1.165, 1.54) is 0 Å². The number of nitrogens with one attached hydrogen (secondary N) is 1. The molecule has 2 atom stereocenters. The van der Waals surface area contributed by atoms with Crippen LogP contribution >= 0.6 is 11.3 Å². The van der Waals surface area contributed by atoms with E-state index in [0.29, 0.717) is 6.54 Å². The van der Waals surface area contributed by atoms with Gasteiger partial charge in [0.25, 0.3) is 0 Å². The molecule has 0 radical (unpaired) electrons. The fourth-order valence-electron chi connectivity index (χ4n) is 3.30. The zero-order valence-corrected chi connectivity index (χ0v) is 14.9. The fourth-order valence-corrected chi connectivity index (χ4v) is 4.02. The summed E-state index contributed by atoms with van der Waals surface area (Å²) in [6.45, 7) is 3.48. The van der Waals surface area contributed by atoms with Gasteiger partial charge in [-0.1, -0.05) is 19.8 Å². The van der Waals surface area contributed by atoms with E-state index in [9.17, 15) is 4.79 Å². The molecule has 2 aromatic rings. The van der Waals surface area contributed by atoms with Gasteiger partial charge in [-0.2, -0.15) is 0 Å². The van der Waals surface area contributed by atoms with Gasteiger partial charge in [-0.3, -0.25) is 4.79 Å². The number of nitrogens with two attached hydrogens (primary N) is 1. The smallest absolute Gasteiger partial charge is 0.243 e. The second-order valence-electron chi connectivity index (χ2n) is 6.27. The second-order valence-corrected chi connectivity index (χ2v) is 7.17. The number of hydrogen-bond donors (Lipinski definition) is 2. The number of anilines is 1. The summed E-state index contributed by atoms with van der Waals surface area (Å²) in [5, 5.41) is 6.19. The first-order valence-corrected chi connectivity index (χ1v) is 9.57. The highest BCUT2D eigenvalue weighted by Crippen LogP contribution is 2.31. The van der Waals surface area contributed by atoms with Crippen LogP contribution in [0.5, 0.6) is 0 Å². The maximum atomic E-state index is 12.8. The van der Waals surface area contributed by atoms with Crippen LogP contribution < -0.4 is 16.0 Å². The molecule has 1 aliphatic heterocycles. The van der Waals surface area contributed by atoms with Crippen LogP contribution in [0.1, 0.15) is 39.0 Å². The minimum Gasteiger partial charge on any atom is -0.350 e. The molecule has 24 heavy (non-hydrogen) atoms. The molecule has 0 spiro atoms. The van der Waals surface area contributed by atoms with E-state index in [0.717, 1.165) is 54.7 Å². The molecule has 2 aromatic heterocycles. The van der Waals surface area contributed by atoms with Crippen LogP contribution in [0.15, 0.2) is 17.8 Å². The first kappa shape index (κ1) is 17.1. The molecule has 1 saturated heterocycles. The predicted molar refractivity (Wildman–Crippen MR) is 98.3 cm³/mol. The van der Waals surface area contributed by atoms with Gasteiger partial charge >= 0.3 is 0 Å². The maximum absolute atomic E-state index is 12.8. The van der Waals surface area contributed by atoms with Crippen LogP contribution in [0, 0.1) is 0 Å². The quantitative estimate of drug-likeness (QED) is 0.803. The van der Waals surface area contributed by atoms with Gasteiger partial charge in [0.15, 0.2) is 0 Å². The number of amides is 1. The standard InChI is InChI=1S/C17H25N5OS/c1-2-3-5-12(10-18)21-16(23)14-6-4-8-22(14)15-13-7-9-24-17(13)20-11-19-15/h7,9,11-12,14H,2-6,8,10,18H2,1H3,(H,21,23). The lowest BCUT2D eigenvalue weighted by molar-refractivity contribution is -0.122. The van der Waals surface area contributed by atoms with Crippen molar-refractivity contribution in [1.29, 1.82) is 0 Å². The van der Waals surface area contributed by atoms with Crippen LogP contribution in [0.4, 0.5) is 5.82 Å². The lowest BCUT2D eigenvalue weighted by atomic mass is 10.1. The Labute approximate surface area is 146 Å². The number of carbonyl (C=O) groups is 1. The van der Waals surface area contributed by atoms with Gasteiger partial charge in [-0.25, -0.2) is 9.97 Å². The molecule has 1 amide bonds. The van der Waals surface area contributed by atoms with E-state index in [4.69, 9.17) is 5.73 Å². The van der Waals surface area contributed by atoms with Crippen LogP contribution in [-0.4, -0.2) is 41.0 Å². The Morgan fingerprint density at radius 2 is 2.42 bits per heavy atom. The van der Waals surface area contributed by atoms with Crippen molar-refractivity contribution in [3.05, 3.63) is 17.8 Å². The number of fused-ring (bicyclic) bond motifs is 1. The number of hydrogen-bond acceptors (Lipinski definition) is 6. The number of thiophene rings is 1. The third kappa shape index (κ3) is 3.52. The Morgan fingerprint density at radius 1 is 1.54 bits per heavy atom. The van der Waals surface area contributed by atoms with E-state index in [-0.39, 0.29) is 18.0 Å². The summed E-state index contributed by atoms with van der Waals surface area (Å²) in [7, 11) is 0. The third-order valence-electron chi connectivity index (χ3n) is 4.61. The van der Waals surface area contributed by atoms with Crippen LogP contribution in [-0.2, 0) is 4.79 Å². The van der Waals surface area contributed by atoms with Crippen LogP contribution in [0.3, 0.4) is 0 Å². The molecule has 0 bridgehead atoms. The molecule has 3 N–H and O–H groups in total. The summed E-state index contributed by atoms with van der Waals surface area (Å²) in [5.41, 5.74) is 5.82. The topological polar surface area (TPSA) is 84.1 Å². The Hall–Kier alpha value is -1.73. The molecule has 2 unspecified atom stereocenters. The minimum absolute atomic E-state index is 0.0615. The van der Waals surface area contributed by atoms with Crippen molar-refractivity contribution in [2.24, 2.45) is 5.73 Å². The van der Waals surface area contributed by atoms with Crippen molar-refractivity contribution in [3.63, 3.8) is 0 Å². The van der Waals surface area contributed by atoms with Gasteiger partial charge in [0.2, 0.25) is 5.91 Å². The van der Waals surface area contributed by atoms with Gasteiger partial charge in [0.1, 0.15) is 23.0 Å². The average molecular weight is 347 g/mol. The van der Waals surface area contributed by atoms with Crippen molar-refractivity contribution < 1.29 is 4.79 Å². The molecule has 7 heteroatoms. The SMILES string of the molecule is CCCCC(CN)NC(=O)C1CCCN1c1ncnc2sccc12. The monoisotopic (exact) mass is 347 g/mol. The molecular formula is C17H25N5OS. The van der Waals surface area contributed by atoms with E-state index >= 15 is 0 Å². The Bertz CT molecular complexity index is 688. The molecule has 1 fully saturated rings. The first-order chi connectivity index (χ1) is 11.7. The lowest BCUT2D eigenvalue weighted by Crippen LogP contribution is -2.49. The highest BCUT2D eigenvalue weighted by atomic mass is 32.1. The van der Waals surface area contributed by atoms with Gasteiger partial charge in [-0.15, -0.1) is 11.3 Å². The van der Waals surface area contributed by atoms with E-state index in [2.05, 4.69) is 27.1 Å². The largest absolute Gasteiger partial charge is 0.350 e. The molecule has 0 saturated carbocycles. The van der Waals surface area contributed by atoms with Crippen molar-refractivity contribution >= 4 is 33.3 Å². The van der Waals surface area contributed by atoms with E-state index < -0.39 is 0 Å². The highest BCUT2D eigenvalue weighted by Gasteiger charge is 2.33. The van der Waals surface area contributed by atoms with E-state index in [1.54, 1.807) is 17.7 Å². The van der Waals surface area contributed by atoms with Crippen LogP contribution in [0.25, 0.3) is 10.2 Å². The summed E-state index contributed by atoms with van der Waals surface area (Å²) < 4.78 is 0. The zero-order valence-electron chi connectivity index (χ0n) is 14.1. The summed E-state index contributed by atoms with van der Waals surface area (Å²) in [6.07, 6.45) is 6.57. The van der Waals surface area contributed by atoms with Crippen molar-refractivity contribution in [2.75, 3.05) is 18.0 Å². The molecule has 3 rings (SSSR count). The Kier molecular flexibility index (Phi) is 5.63. The van der Waals surface area contributed by atoms with Crippen LogP contribution in [0.2, 0.25) is 0 Å². The number of unbranched alkanes of at least 4 members (excludes halogenated alkanes) is 1. The number of rotatable bonds is 7. The molecule has 0 aliphatic carbocycles. The second kappa shape index (κ2) is 7.90. The maximum Gasteiger partial charge on any atom is 0.243 e. The third-order valence-corrected chi connectivity index (χ3v) is 5.43. The first-order valence-electron chi connectivity index (χ1n) is 8.70. The normalized spacial score (nSPS) is 18.9. The van der Waals surface area contributed by atoms with Gasteiger partial charge < -0.3 is 16.0 Å². The Morgan fingerprint density at radius 3 is 3.21 bits per heavy atom. The van der Waals surface area contributed by atoms with E-state index in [1.807, 2.05) is 11.4 Å². The molecule has 1 aliphatic rings. The molecule has 6 nitrogen and oxygen atoms in total. The van der Waals surface area contributed by atoms with Crippen molar-refractivity contribution in [2.45, 2.75) is 51.1 Å². The summed E-state index contributed by atoms with van der Waals surface area (Å²) in [4.78, 5) is 24.6. The van der Waals surface area contributed by atoms with Crippen molar-refractivity contribution in [1.82, 2.24) is 15.3 Å². The van der Waals surface area contributed by atoms with Crippen molar-refractivity contribution in [3.8, 4) is 0 Å². The fraction of sp³-hybridized carbons (Fsp3) is 0.588. The average Bonchev–Trinajstić information content (AvgIpc) is 3.26. The number of nitrogens with zero attached hydrogens (tertiary/aromatic N) is 3. The van der Waals surface area contributed by atoms with Gasteiger partial charge in [0, 0.05) is 19.1 Å². The summed E-state index contributed by atoms with van der Waals surface area (Å²) >= 11 is 1.60. The summed E-state index contributed by atoms with van der Waals surface area (Å²) in [5.74, 6) is 0.942. The molecule has 3 heterocycles. The van der Waals surface area contributed by atoms with Gasteiger partial charge in [-0.05, 0) is 30.7 Å². The number of carbonyl (C=O) groups excluding carboxylic acids is 1. The highest BCUT2D eigenvalue weighted by molar-refractivity contribution is 7.16. The summed E-state index contributed by atoms with van der Waals surface area (Å²) in [6, 6.07) is 1.93. The predicted octanol–water partition coefficient (Wildman–Crippen LogP) is 2.29. The lowest BCUT2D eigenvalue weighted by Gasteiger charge is -2.27. The minimum atomic E-state index is -0.168. The molecule has 130 valence electrons. The Balaban J connectivity index is 1.75. The molecular weight excluding hydrogens is 322 g/mol. The zero-order chi connectivity index (χ0) is 16.9.